The second kappa shape index (κ2) is 6.99. The molecule has 23 heavy (non-hydrogen) atoms. The number of aromatic carboxylic acids is 1. The van der Waals surface area contributed by atoms with Crippen LogP contribution in [-0.2, 0) is 4.79 Å². The lowest BCUT2D eigenvalue weighted by atomic mass is 10.1. The van der Waals surface area contributed by atoms with Crippen LogP contribution in [0, 0.1) is 0 Å². The third-order valence-corrected chi connectivity index (χ3v) is 4.79. The third-order valence-electron chi connectivity index (χ3n) is 3.78. The van der Waals surface area contributed by atoms with Gasteiger partial charge in [-0.25, -0.2) is 9.78 Å². The van der Waals surface area contributed by atoms with Crippen LogP contribution in [0.1, 0.15) is 34.7 Å². The Morgan fingerprint density at radius 1 is 1.39 bits per heavy atom. The predicted molar refractivity (Wildman–Crippen MR) is 86.4 cm³/mol. The summed E-state index contributed by atoms with van der Waals surface area (Å²) in [6, 6.07) is 2.27. The number of thioether (sulfide) groups is 1. The monoisotopic (exact) mass is 337 g/mol. The average Bonchev–Trinajstić information content (AvgIpc) is 3.02. The summed E-state index contributed by atoms with van der Waals surface area (Å²) in [6.07, 6.45) is 1.24. The summed E-state index contributed by atoms with van der Waals surface area (Å²) in [5.74, 6) is -0.555. The lowest BCUT2D eigenvalue weighted by molar-refractivity contribution is -0.135. The Hall–Kier alpha value is -2.09. The quantitative estimate of drug-likeness (QED) is 0.887. The van der Waals surface area contributed by atoms with Gasteiger partial charge in [-0.3, -0.25) is 9.59 Å². The van der Waals surface area contributed by atoms with Crippen molar-refractivity contribution in [1.29, 1.82) is 0 Å². The molecule has 0 aliphatic carbocycles. The van der Waals surface area contributed by atoms with E-state index in [9.17, 15) is 14.4 Å². The summed E-state index contributed by atoms with van der Waals surface area (Å²) >= 11 is 1.52. The number of carbonyl (C=O) groups is 3. The normalized spacial score (nSPS) is 17.4. The largest absolute Gasteiger partial charge is 0.477 e. The maximum atomic E-state index is 12.6. The fourth-order valence-electron chi connectivity index (χ4n) is 2.15. The minimum atomic E-state index is -1.15. The maximum absolute atomic E-state index is 12.6. The first-order valence-corrected chi connectivity index (χ1v) is 8.33. The molecule has 2 amide bonds. The molecule has 2 rings (SSSR count). The Balaban J connectivity index is 2.17. The highest BCUT2D eigenvalue weighted by Crippen LogP contribution is 2.24. The number of carboxylic acids is 1. The highest BCUT2D eigenvalue weighted by Gasteiger charge is 2.37. The van der Waals surface area contributed by atoms with E-state index in [1.165, 1.54) is 35.0 Å². The lowest BCUT2D eigenvalue weighted by Gasteiger charge is -2.29. The second-order valence-corrected chi connectivity index (χ2v) is 6.57. The van der Waals surface area contributed by atoms with Crippen molar-refractivity contribution in [3.8, 4) is 0 Å². The van der Waals surface area contributed by atoms with Crippen LogP contribution >= 0.6 is 11.8 Å². The highest BCUT2D eigenvalue weighted by molar-refractivity contribution is 7.99. The highest BCUT2D eigenvalue weighted by atomic mass is 32.2. The molecule has 1 saturated heterocycles. The van der Waals surface area contributed by atoms with Gasteiger partial charge in [0.2, 0.25) is 5.91 Å². The first-order chi connectivity index (χ1) is 10.8. The predicted octanol–water partition coefficient (Wildman–Crippen LogP) is 1.16. The van der Waals surface area contributed by atoms with Crippen molar-refractivity contribution in [3.05, 3.63) is 29.6 Å². The smallest absolute Gasteiger partial charge is 0.354 e. The van der Waals surface area contributed by atoms with Crippen LogP contribution < -0.4 is 0 Å². The van der Waals surface area contributed by atoms with Crippen molar-refractivity contribution in [3.63, 3.8) is 0 Å². The molecular weight excluding hydrogens is 318 g/mol. The first-order valence-electron chi connectivity index (χ1n) is 7.17. The standard InChI is InChI=1S/C15H19N3O4S/c1-9(2)17(3)14(20)12-7-23-8-18(12)13(19)10-4-5-11(15(21)22)16-6-10/h4-6,9,12H,7-8H2,1-3H3,(H,21,22). The zero-order valence-electron chi connectivity index (χ0n) is 13.2. The van der Waals surface area contributed by atoms with Gasteiger partial charge in [0.15, 0.2) is 0 Å². The Labute approximate surface area is 138 Å². The number of rotatable bonds is 4. The number of pyridine rings is 1. The van der Waals surface area contributed by atoms with E-state index in [4.69, 9.17) is 5.11 Å². The summed E-state index contributed by atoms with van der Waals surface area (Å²) < 4.78 is 0. The van der Waals surface area contributed by atoms with Gasteiger partial charge in [-0.05, 0) is 26.0 Å². The van der Waals surface area contributed by atoms with Gasteiger partial charge in [-0.2, -0.15) is 0 Å². The fourth-order valence-corrected chi connectivity index (χ4v) is 3.29. The van der Waals surface area contributed by atoms with E-state index in [1.54, 1.807) is 11.9 Å². The summed E-state index contributed by atoms with van der Waals surface area (Å²) in [6.45, 7) is 3.83. The Morgan fingerprint density at radius 2 is 2.09 bits per heavy atom. The molecule has 1 aromatic heterocycles. The number of amides is 2. The SMILES string of the molecule is CC(C)N(C)C(=O)C1CSCN1C(=O)c1ccc(C(=O)O)nc1. The average molecular weight is 337 g/mol. The van der Waals surface area contributed by atoms with Gasteiger partial charge >= 0.3 is 5.97 Å². The van der Waals surface area contributed by atoms with Gasteiger partial charge < -0.3 is 14.9 Å². The van der Waals surface area contributed by atoms with Crippen molar-refractivity contribution in [2.75, 3.05) is 18.7 Å². The molecule has 0 saturated carbocycles. The zero-order chi connectivity index (χ0) is 17.1. The van der Waals surface area contributed by atoms with E-state index in [2.05, 4.69) is 4.98 Å². The number of nitrogens with zero attached hydrogens (tertiary/aromatic N) is 3. The van der Waals surface area contributed by atoms with Crippen molar-refractivity contribution >= 4 is 29.5 Å². The Morgan fingerprint density at radius 3 is 2.61 bits per heavy atom. The molecule has 1 aliphatic rings. The van der Waals surface area contributed by atoms with Crippen molar-refractivity contribution in [2.45, 2.75) is 25.9 Å². The first kappa shape index (κ1) is 17.3. The van der Waals surface area contributed by atoms with Gasteiger partial charge in [-0.15, -0.1) is 11.8 Å². The summed E-state index contributed by atoms with van der Waals surface area (Å²) in [5.41, 5.74) is 0.159. The van der Waals surface area contributed by atoms with Crippen molar-refractivity contribution < 1.29 is 19.5 Å². The Kier molecular flexibility index (Phi) is 5.25. The summed E-state index contributed by atoms with van der Waals surface area (Å²) in [7, 11) is 1.72. The number of carbonyl (C=O) groups excluding carboxylic acids is 2. The van der Waals surface area contributed by atoms with Crippen LogP contribution in [-0.4, -0.2) is 68.4 Å². The molecule has 7 nitrogen and oxygen atoms in total. The summed E-state index contributed by atoms with van der Waals surface area (Å²) in [5, 5.41) is 8.84. The van der Waals surface area contributed by atoms with Crippen LogP contribution in [0.15, 0.2) is 18.3 Å². The molecule has 2 heterocycles. The molecule has 0 aromatic carbocycles. The van der Waals surface area contributed by atoms with E-state index in [0.29, 0.717) is 11.6 Å². The van der Waals surface area contributed by atoms with Crippen LogP contribution in [0.4, 0.5) is 0 Å². The van der Waals surface area contributed by atoms with Gasteiger partial charge in [-0.1, -0.05) is 0 Å². The molecule has 1 N–H and O–H groups in total. The Bertz CT molecular complexity index is 618. The topological polar surface area (TPSA) is 90.8 Å². The van der Waals surface area contributed by atoms with Crippen LogP contribution in [0.3, 0.4) is 0 Å². The third kappa shape index (κ3) is 3.64. The zero-order valence-corrected chi connectivity index (χ0v) is 14.0. The number of likely N-dealkylation sites (N-methyl/N-ethyl adjacent to an activating group) is 1. The van der Waals surface area contributed by atoms with E-state index < -0.39 is 12.0 Å². The second-order valence-electron chi connectivity index (χ2n) is 5.57. The van der Waals surface area contributed by atoms with Crippen LogP contribution in [0.5, 0.6) is 0 Å². The molecule has 1 fully saturated rings. The number of carboxylic acid groups (broad SMARTS) is 1. The van der Waals surface area contributed by atoms with Gasteiger partial charge in [0, 0.05) is 25.0 Å². The van der Waals surface area contributed by atoms with Crippen molar-refractivity contribution in [2.24, 2.45) is 0 Å². The van der Waals surface area contributed by atoms with Gasteiger partial charge in [0.05, 0.1) is 11.4 Å². The molecule has 1 aliphatic heterocycles. The minimum absolute atomic E-state index is 0.0570. The maximum Gasteiger partial charge on any atom is 0.354 e. The molecule has 1 atom stereocenters. The van der Waals surface area contributed by atoms with E-state index in [-0.39, 0.29) is 29.1 Å². The van der Waals surface area contributed by atoms with E-state index in [1.807, 2.05) is 13.8 Å². The molecule has 124 valence electrons. The van der Waals surface area contributed by atoms with E-state index in [0.717, 1.165) is 0 Å². The van der Waals surface area contributed by atoms with Gasteiger partial charge in [0.25, 0.3) is 5.91 Å². The number of aromatic nitrogens is 1. The van der Waals surface area contributed by atoms with E-state index >= 15 is 0 Å². The molecule has 0 spiro atoms. The summed E-state index contributed by atoms with van der Waals surface area (Å²) in [4.78, 5) is 42.8. The molecule has 0 radical (unpaired) electrons. The molecule has 1 aromatic rings. The molecule has 0 bridgehead atoms. The van der Waals surface area contributed by atoms with Crippen LogP contribution in [0.2, 0.25) is 0 Å². The minimum Gasteiger partial charge on any atom is -0.477 e. The lowest BCUT2D eigenvalue weighted by Crippen LogP contribution is -2.49. The number of hydrogen-bond acceptors (Lipinski definition) is 5. The van der Waals surface area contributed by atoms with Crippen LogP contribution in [0.25, 0.3) is 0 Å². The number of hydrogen-bond donors (Lipinski definition) is 1. The van der Waals surface area contributed by atoms with Gasteiger partial charge in [0.1, 0.15) is 11.7 Å². The molecular formula is C15H19N3O4S. The van der Waals surface area contributed by atoms with Crippen molar-refractivity contribution in [1.82, 2.24) is 14.8 Å². The fraction of sp³-hybridized carbons (Fsp3) is 0.467. The molecule has 1 unspecified atom stereocenters. The molecule has 8 heteroatoms.